The van der Waals surface area contributed by atoms with E-state index < -0.39 is 0 Å². The molecule has 29 heavy (non-hydrogen) atoms. The summed E-state index contributed by atoms with van der Waals surface area (Å²) in [4.78, 5) is 39.2. The van der Waals surface area contributed by atoms with Gasteiger partial charge in [-0.3, -0.25) is 9.59 Å². The third-order valence-corrected chi connectivity index (χ3v) is 5.55. The quantitative estimate of drug-likeness (QED) is 0.522. The molecule has 3 rings (SSSR count). The fraction of sp³-hybridized carbons (Fsp3) is 0.318. The van der Waals surface area contributed by atoms with Crippen molar-refractivity contribution in [3.05, 3.63) is 54.1 Å². The lowest BCUT2D eigenvalue weighted by atomic mass is 10.2. The normalized spacial score (nSPS) is 13.0. The van der Waals surface area contributed by atoms with Gasteiger partial charge in [-0.15, -0.1) is 11.8 Å². The summed E-state index contributed by atoms with van der Waals surface area (Å²) in [5.41, 5.74) is 1.90. The van der Waals surface area contributed by atoms with E-state index in [1.54, 1.807) is 29.2 Å². The fourth-order valence-corrected chi connectivity index (χ4v) is 3.85. The number of amides is 2. The molecular formula is C22H24N2O4S. The highest BCUT2D eigenvalue weighted by molar-refractivity contribution is 8.00. The Labute approximate surface area is 174 Å². The molecule has 152 valence electrons. The van der Waals surface area contributed by atoms with E-state index in [1.807, 2.05) is 31.2 Å². The van der Waals surface area contributed by atoms with Crippen molar-refractivity contribution in [2.75, 3.05) is 29.1 Å². The minimum absolute atomic E-state index is 0.00689. The van der Waals surface area contributed by atoms with Crippen LogP contribution in [-0.2, 0) is 14.3 Å². The maximum atomic E-state index is 12.3. The van der Waals surface area contributed by atoms with Crippen LogP contribution in [-0.4, -0.2) is 36.7 Å². The Morgan fingerprint density at radius 1 is 1.14 bits per heavy atom. The fourth-order valence-electron chi connectivity index (χ4n) is 2.92. The SMILES string of the molecule is CCCCOC(=O)c1ccc(NC(=O)CCN2C(=O)CSc3ccccc32)cc1. The molecule has 0 saturated heterocycles. The number of para-hydroxylation sites is 1. The zero-order chi connectivity index (χ0) is 20.6. The van der Waals surface area contributed by atoms with E-state index in [-0.39, 0.29) is 24.2 Å². The molecule has 2 aromatic rings. The summed E-state index contributed by atoms with van der Waals surface area (Å²) in [6, 6.07) is 14.3. The first kappa shape index (κ1) is 20.9. The average Bonchev–Trinajstić information content (AvgIpc) is 2.73. The maximum absolute atomic E-state index is 12.3. The van der Waals surface area contributed by atoms with Gasteiger partial charge in [0, 0.05) is 23.5 Å². The van der Waals surface area contributed by atoms with Gasteiger partial charge in [-0.05, 0) is 42.8 Å². The lowest BCUT2D eigenvalue weighted by Gasteiger charge is -2.28. The number of carbonyl (C=O) groups excluding carboxylic acids is 3. The molecule has 1 heterocycles. The monoisotopic (exact) mass is 412 g/mol. The highest BCUT2D eigenvalue weighted by Gasteiger charge is 2.24. The van der Waals surface area contributed by atoms with E-state index >= 15 is 0 Å². The van der Waals surface area contributed by atoms with Crippen molar-refractivity contribution < 1.29 is 19.1 Å². The van der Waals surface area contributed by atoms with Gasteiger partial charge in [0.2, 0.25) is 11.8 Å². The first-order chi connectivity index (χ1) is 14.1. The number of hydrogen-bond donors (Lipinski definition) is 1. The number of rotatable bonds is 8. The van der Waals surface area contributed by atoms with Crippen molar-refractivity contribution in [1.82, 2.24) is 0 Å². The number of benzene rings is 2. The molecular weight excluding hydrogens is 388 g/mol. The second kappa shape index (κ2) is 10.1. The van der Waals surface area contributed by atoms with Crippen LogP contribution in [0.5, 0.6) is 0 Å². The van der Waals surface area contributed by atoms with Gasteiger partial charge in [0.15, 0.2) is 0 Å². The molecule has 0 spiro atoms. The highest BCUT2D eigenvalue weighted by atomic mass is 32.2. The van der Waals surface area contributed by atoms with Crippen LogP contribution in [0.25, 0.3) is 0 Å². The predicted molar refractivity (Wildman–Crippen MR) is 114 cm³/mol. The zero-order valence-corrected chi connectivity index (χ0v) is 17.2. The van der Waals surface area contributed by atoms with Crippen LogP contribution in [0, 0.1) is 0 Å². The van der Waals surface area contributed by atoms with Crippen LogP contribution >= 0.6 is 11.8 Å². The number of nitrogens with one attached hydrogen (secondary N) is 1. The first-order valence-corrected chi connectivity index (χ1v) is 10.7. The van der Waals surface area contributed by atoms with E-state index in [4.69, 9.17) is 4.74 Å². The number of anilines is 2. The lowest BCUT2D eigenvalue weighted by molar-refractivity contribution is -0.117. The molecule has 1 N–H and O–H groups in total. The van der Waals surface area contributed by atoms with Crippen LogP contribution in [0.15, 0.2) is 53.4 Å². The van der Waals surface area contributed by atoms with Gasteiger partial charge < -0.3 is 15.0 Å². The number of unbranched alkanes of at least 4 members (excludes halogenated alkanes) is 1. The highest BCUT2D eigenvalue weighted by Crippen LogP contribution is 2.34. The Bertz CT molecular complexity index is 883. The van der Waals surface area contributed by atoms with E-state index in [1.165, 1.54) is 11.8 Å². The molecule has 0 fully saturated rings. The Balaban J connectivity index is 1.52. The number of thioether (sulfide) groups is 1. The zero-order valence-electron chi connectivity index (χ0n) is 16.3. The summed E-state index contributed by atoms with van der Waals surface area (Å²) in [5, 5.41) is 2.80. The van der Waals surface area contributed by atoms with Crippen molar-refractivity contribution in [3.63, 3.8) is 0 Å². The summed E-state index contributed by atoms with van der Waals surface area (Å²) in [7, 11) is 0. The molecule has 6 nitrogen and oxygen atoms in total. The van der Waals surface area contributed by atoms with Gasteiger partial charge >= 0.3 is 5.97 Å². The molecule has 1 aliphatic heterocycles. The van der Waals surface area contributed by atoms with Gasteiger partial charge in [-0.25, -0.2) is 4.79 Å². The Morgan fingerprint density at radius 2 is 1.90 bits per heavy atom. The predicted octanol–water partition coefficient (Wildman–Crippen LogP) is 4.11. The van der Waals surface area contributed by atoms with Gasteiger partial charge in [-0.1, -0.05) is 25.5 Å². The molecule has 1 aliphatic rings. The van der Waals surface area contributed by atoms with Crippen molar-refractivity contribution in [2.24, 2.45) is 0 Å². The van der Waals surface area contributed by atoms with E-state index in [2.05, 4.69) is 5.32 Å². The molecule has 0 atom stereocenters. The third kappa shape index (κ3) is 5.60. The van der Waals surface area contributed by atoms with Crippen LogP contribution in [0.3, 0.4) is 0 Å². The van der Waals surface area contributed by atoms with Crippen LogP contribution in [0.1, 0.15) is 36.5 Å². The first-order valence-electron chi connectivity index (χ1n) is 9.67. The van der Waals surface area contributed by atoms with Crippen molar-refractivity contribution in [3.8, 4) is 0 Å². The summed E-state index contributed by atoms with van der Waals surface area (Å²) in [5.74, 6) is -0.162. The van der Waals surface area contributed by atoms with Crippen LogP contribution in [0.4, 0.5) is 11.4 Å². The van der Waals surface area contributed by atoms with Gasteiger partial charge in [-0.2, -0.15) is 0 Å². The summed E-state index contributed by atoms with van der Waals surface area (Å²) in [6.45, 7) is 2.76. The standard InChI is InChI=1S/C22H24N2O4S/c1-2-3-14-28-22(27)16-8-10-17(11-9-16)23-20(25)12-13-24-18-6-4-5-7-19(18)29-15-21(24)26/h4-11H,2-3,12-15H2,1H3,(H,23,25). The third-order valence-electron chi connectivity index (χ3n) is 4.51. The number of ether oxygens (including phenoxy) is 1. The summed E-state index contributed by atoms with van der Waals surface area (Å²) >= 11 is 1.52. The minimum atomic E-state index is -0.364. The molecule has 2 aromatic carbocycles. The molecule has 0 radical (unpaired) electrons. The van der Waals surface area contributed by atoms with Crippen molar-refractivity contribution in [1.29, 1.82) is 0 Å². The van der Waals surface area contributed by atoms with Crippen LogP contribution in [0.2, 0.25) is 0 Å². The second-order valence-electron chi connectivity index (χ2n) is 6.67. The second-order valence-corrected chi connectivity index (χ2v) is 7.68. The topological polar surface area (TPSA) is 75.7 Å². The van der Waals surface area contributed by atoms with Gasteiger partial charge in [0.05, 0.1) is 23.6 Å². The van der Waals surface area contributed by atoms with E-state index in [0.29, 0.717) is 30.2 Å². The van der Waals surface area contributed by atoms with Crippen LogP contribution < -0.4 is 10.2 Å². The summed E-state index contributed by atoms with van der Waals surface area (Å²) < 4.78 is 5.17. The molecule has 0 unspecified atom stereocenters. The van der Waals surface area contributed by atoms with Gasteiger partial charge in [0.1, 0.15) is 0 Å². The average molecular weight is 413 g/mol. The Morgan fingerprint density at radius 3 is 2.66 bits per heavy atom. The molecule has 0 aromatic heterocycles. The number of esters is 1. The number of nitrogens with zero attached hydrogens (tertiary/aromatic N) is 1. The van der Waals surface area contributed by atoms with E-state index in [9.17, 15) is 14.4 Å². The molecule has 0 aliphatic carbocycles. The Kier molecular flexibility index (Phi) is 7.30. The number of carbonyl (C=O) groups is 3. The molecule has 7 heteroatoms. The Hall–Kier alpha value is -2.80. The molecule has 0 bridgehead atoms. The molecule has 0 saturated carbocycles. The van der Waals surface area contributed by atoms with Gasteiger partial charge in [0.25, 0.3) is 0 Å². The minimum Gasteiger partial charge on any atom is -0.462 e. The lowest BCUT2D eigenvalue weighted by Crippen LogP contribution is -2.37. The molecule has 2 amide bonds. The van der Waals surface area contributed by atoms with Crippen molar-refractivity contribution >= 4 is 40.9 Å². The summed E-state index contributed by atoms with van der Waals surface area (Å²) in [6.07, 6.45) is 1.99. The number of hydrogen-bond acceptors (Lipinski definition) is 5. The largest absolute Gasteiger partial charge is 0.462 e. The smallest absolute Gasteiger partial charge is 0.338 e. The van der Waals surface area contributed by atoms with Crippen molar-refractivity contribution in [2.45, 2.75) is 31.1 Å². The number of fused-ring (bicyclic) bond motifs is 1. The van der Waals surface area contributed by atoms with E-state index in [0.717, 1.165) is 23.4 Å². The maximum Gasteiger partial charge on any atom is 0.338 e.